The molecule has 0 bridgehead atoms. The number of aromatic nitrogens is 3. The Morgan fingerprint density at radius 3 is 2.50 bits per heavy atom. The van der Waals surface area contributed by atoms with Gasteiger partial charge in [0.15, 0.2) is 10.6 Å². The number of benzene rings is 1. The van der Waals surface area contributed by atoms with Gasteiger partial charge in [-0.05, 0) is 30.4 Å². The molecule has 0 saturated heterocycles. The molecule has 0 unspecified atom stereocenters. The van der Waals surface area contributed by atoms with Crippen LogP contribution in [0.4, 0.5) is 13.2 Å². The van der Waals surface area contributed by atoms with Crippen LogP contribution in [-0.2, 0) is 12.7 Å². The van der Waals surface area contributed by atoms with Crippen molar-refractivity contribution in [3.05, 3.63) is 59.1 Å². The van der Waals surface area contributed by atoms with Gasteiger partial charge in [-0.3, -0.25) is 9.67 Å². The van der Waals surface area contributed by atoms with E-state index in [0.29, 0.717) is 22.7 Å². The molecule has 1 aromatic heterocycles. The van der Waals surface area contributed by atoms with Crippen molar-refractivity contribution in [1.82, 2.24) is 14.8 Å². The van der Waals surface area contributed by atoms with E-state index in [1.165, 1.54) is 18.2 Å². The summed E-state index contributed by atoms with van der Waals surface area (Å²) in [5.41, 5.74) is -0.198. The summed E-state index contributed by atoms with van der Waals surface area (Å²) in [6.45, 7) is 0.371. The van der Waals surface area contributed by atoms with Crippen molar-refractivity contribution in [3.8, 4) is 11.4 Å². The highest BCUT2D eigenvalue weighted by Gasteiger charge is 2.30. The number of hydrogen-bond acceptors (Lipinski definition) is 3. The second-order valence-electron chi connectivity index (χ2n) is 4.31. The minimum atomic E-state index is -4.37. The van der Waals surface area contributed by atoms with Crippen LogP contribution in [-0.4, -0.2) is 19.9 Å². The third-order valence-electron chi connectivity index (χ3n) is 2.85. The Morgan fingerprint density at radius 2 is 1.91 bits per heavy atom. The topological polar surface area (TPSA) is 53.8 Å². The van der Waals surface area contributed by atoms with E-state index in [0.717, 1.165) is 18.4 Å². The van der Waals surface area contributed by atoms with E-state index in [9.17, 15) is 13.2 Å². The molecular formula is C14H12F3N3OS. The van der Waals surface area contributed by atoms with Crippen molar-refractivity contribution in [2.75, 3.05) is 0 Å². The molecule has 116 valence electrons. The predicted molar refractivity (Wildman–Crippen MR) is 78.8 cm³/mol. The second-order valence-corrected chi connectivity index (χ2v) is 4.69. The van der Waals surface area contributed by atoms with Crippen molar-refractivity contribution in [2.45, 2.75) is 12.7 Å². The summed E-state index contributed by atoms with van der Waals surface area (Å²) in [5.74, 6) is 0.441. The van der Waals surface area contributed by atoms with E-state index in [4.69, 9.17) is 17.3 Å². The summed E-state index contributed by atoms with van der Waals surface area (Å²) < 4.78 is 39.7. The Hall–Kier alpha value is -2.35. The highest BCUT2D eigenvalue weighted by atomic mass is 32.1. The van der Waals surface area contributed by atoms with Gasteiger partial charge < -0.3 is 5.11 Å². The van der Waals surface area contributed by atoms with Gasteiger partial charge in [-0.2, -0.15) is 18.3 Å². The fraction of sp³-hybridized carbons (Fsp3) is 0.143. The maximum absolute atomic E-state index is 12.6. The van der Waals surface area contributed by atoms with E-state index in [2.05, 4.69) is 10.2 Å². The van der Waals surface area contributed by atoms with Gasteiger partial charge in [0.2, 0.25) is 0 Å². The molecule has 0 saturated carbocycles. The standard InChI is InChI=1S/C14H12F3N3OS/c15-14(16,17)11-6-4-10(5-7-11)12-18-19-13(22)20(12)8-2-1-3-9-21/h1-7,9,21H,8H2,(H,19,22)/b2-1+,9-3-. The van der Waals surface area contributed by atoms with Crippen LogP contribution in [0.2, 0.25) is 0 Å². The van der Waals surface area contributed by atoms with Gasteiger partial charge in [0, 0.05) is 12.1 Å². The van der Waals surface area contributed by atoms with Gasteiger partial charge >= 0.3 is 6.18 Å². The molecule has 2 aromatic rings. The van der Waals surface area contributed by atoms with Crippen LogP contribution >= 0.6 is 12.2 Å². The van der Waals surface area contributed by atoms with Crippen LogP contribution in [0.15, 0.2) is 48.8 Å². The van der Waals surface area contributed by atoms with Gasteiger partial charge in [-0.15, -0.1) is 0 Å². The van der Waals surface area contributed by atoms with Crippen LogP contribution in [0.25, 0.3) is 11.4 Å². The summed E-state index contributed by atoms with van der Waals surface area (Å²) in [4.78, 5) is 0. The Kier molecular flexibility index (Phi) is 4.81. The molecule has 0 atom stereocenters. The second kappa shape index (κ2) is 6.61. The Morgan fingerprint density at radius 1 is 1.23 bits per heavy atom. The average Bonchev–Trinajstić information content (AvgIpc) is 2.84. The van der Waals surface area contributed by atoms with Crippen molar-refractivity contribution in [2.24, 2.45) is 0 Å². The number of nitrogens with one attached hydrogen (secondary N) is 1. The largest absolute Gasteiger partial charge is 0.516 e. The number of aliphatic hydroxyl groups is 1. The lowest BCUT2D eigenvalue weighted by atomic mass is 10.1. The molecule has 0 aliphatic heterocycles. The smallest absolute Gasteiger partial charge is 0.416 e. The number of H-pyrrole nitrogens is 1. The fourth-order valence-electron chi connectivity index (χ4n) is 1.81. The fourth-order valence-corrected chi connectivity index (χ4v) is 2.02. The minimum absolute atomic E-state index is 0.354. The van der Waals surface area contributed by atoms with Crippen LogP contribution in [0, 0.1) is 4.77 Å². The zero-order valence-corrected chi connectivity index (χ0v) is 12.0. The molecular weight excluding hydrogens is 315 g/mol. The molecule has 1 aromatic carbocycles. The normalized spacial score (nSPS) is 12.5. The molecule has 8 heteroatoms. The van der Waals surface area contributed by atoms with Gasteiger partial charge in [-0.25, -0.2) is 0 Å². The molecule has 1 heterocycles. The van der Waals surface area contributed by atoms with Gasteiger partial charge in [0.05, 0.1) is 11.8 Å². The van der Waals surface area contributed by atoms with Crippen LogP contribution in [0.3, 0.4) is 0 Å². The molecule has 2 rings (SSSR count). The summed E-state index contributed by atoms with van der Waals surface area (Å²) in [5, 5.41) is 15.2. The highest BCUT2D eigenvalue weighted by Crippen LogP contribution is 2.30. The monoisotopic (exact) mass is 327 g/mol. The molecule has 0 amide bonds. The molecule has 2 N–H and O–H groups in total. The molecule has 0 radical (unpaired) electrons. The maximum Gasteiger partial charge on any atom is 0.416 e. The SMILES string of the molecule is O/C=C\C=C\Cn1c(-c2ccc(C(F)(F)F)cc2)n[nH]c1=S. The first kappa shape index (κ1) is 16.0. The molecule has 0 spiro atoms. The van der Waals surface area contributed by atoms with Crippen LogP contribution in [0.5, 0.6) is 0 Å². The first-order chi connectivity index (χ1) is 10.4. The number of aromatic amines is 1. The number of halogens is 3. The lowest BCUT2D eigenvalue weighted by Gasteiger charge is -2.08. The van der Waals surface area contributed by atoms with Crippen LogP contribution in [0.1, 0.15) is 5.56 Å². The third-order valence-corrected chi connectivity index (χ3v) is 3.16. The first-order valence-electron chi connectivity index (χ1n) is 6.22. The van der Waals surface area contributed by atoms with Gasteiger partial charge in [0.25, 0.3) is 0 Å². The molecule has 0 fully saturated rings. The zero-order chi connectivity index (χ0) is 16.2. The molecule has 22 heavy (non-hydrogen) atoms. The number of aliphatic hydroxyl groups excluding tert-OH is 1. The van der Waals surface area contributed by atoms with Crippen molar-refractivity contribution >= 4 is 12.2 Å². The minimum Gasteiger partial charge on any atom is -0.516 e. The van der Waals surface area contributed by atoms with Crippen molar-refractivity contribution < 1.29 is 18.3 Å². The average molecular weight is 327 g/mol. The Bertz CT molecular complexity index is 742. The van der Waals surface area contributed by atoms with Crippen molar-refractivity contribution in [1.29, 1.82) is 0 Å². The highest BCUT2D eigenvalue weighted by molar-refractivity contribution is 7.71. The summed E-state index contributed by atoms with van der Waals surface area (Å²) in [7, 11) is 0. The van der Waals surface area contributed by atoms with Gasteiger partial charge in [0.1, 0.15) is 0 Å². The number of allylic oxidation sites excluding steroid dienone is 3. The first-order valence-corrected chi connectivity index (χ1v) is 6.63. The quantitative estimate of drug-likeness (QED) is 0.501. The zero-order valence-electron chi connectivity index (χ0n) is 11.2. The van der Waals surface area contributed by atoms with E-state index in [-0.39, 0.29) is 0 Å². The number of nitrogens with zero attached hydrogens (tertiary/aromatic N) is 2. The maximum atomic E-state index is 12.6. The molecule has 0 aliphatic rings. The van der Waals surface area contributed by atoms with Crippen molar-refractivity contribution in [3.63, 3.8) is 0 Å². The van der Waals surface area contributed by atoms with Gasteiger partial charge in [-0.1, -0.05) is 24.3 Å². The Labute approximate surface area is 129 Å². The number of hydrogen-bond donors (Lipinski definition) is 2. The Balaban J connectivity index is 2.31. The number of alkyl halides is 3. The van der Waals surface area contributed by atoms with E-state index in [1.807, 2.05) is 0 Å². The third kappa shape index (κ3) is 3.64. The van der Waals surface area contributed by atoms with E-state index < -0.39 is 11.7 Å². The van der Waals surface area contributed by atoms with Crippen LogP contribution < -0.4 is 0 Å². The van der Waals surface area contributed by atoms with E-state index in [1.54, 1.807) is 16.7 Å². The predicted octanol–water partition coefficient (Wildman–Crippen LogP) is 4.25. The summed E-state index contributed by atoms with van der Waals surface area (Å²) in [6.07, 6.45) is 1.29. The van der Waals surface area contributed by atoms with E-state index >= 15 is 0 Å². The summed E-state index contributed by atoms with van der Waals surface area (Å²) in [6, 6.07) is 4.70. The summed E-state index contributed by atoms with van der Waals surface area (Å²) >= 11 is 5.10. The molecule has 0 aliphatic carbocycles. The lowest BCUT2D eigenvalue weighted by Crippen LogP contribution is -2.04. The lowest BCUT2D eigenvalue weighted by molar-refractivity contribution is -0.137. The molecule has 4 nitrogen and oxygen atoms in total. The number of rotatable bonds is 4.